The Morgan fingerprint density at radius 1 is 1.21 bits per heavy atom. The highest BCUT2D eigenvalue weighted by atomic mass is 31.2. The first-order valence-electron chi connectivity index (χ1n) is 3.71. The number of hydrogen-bond acceptors (Lipinski definition) is 6. The van der Waals surface area contributed by atoms with Crippen molar-refractivity contribution in [3.05, 3.63) is 0 Å². The summed E-state index contributed by atoms with van der Waals surface area (Å²) in [5, 5.41) is 27.2. The van der Waals surface area contributed by atoms with E-state index in [1.165, 1.54) is 0 Å². The van der Waals surface area contributed by atoms with E-state index < -0.39 is 32.4 Å². The van der Waals surface area contributed by atoms with Crippen molar-refractivity contribution in [3.8, 4) is 0 Å². The first kappa shape index (κ1) is 12.0. The number of aliphatic hydroxyl groups excluding tert-OH is 3. The van der Waals surface area contributed by atoms with Gasteiger partial charge in [0.1, 0.15) is 18.3 Å². The Morgan fingerprint density at radius 2 is 1.79 bits per heavy atom. The molecule has 0 unspecified atom stereocenters. The summed E-state index contributed by atoms with van der Waals surface area (Å²) in [4.78, 5) is 16.8. The minimum absolute atomic E-state index is 0.372. The molecule has 0 aliphatic carbocycles. The van der Waals surface area contributed by atoms with Crippen molar-refractivity contribution in [1.82, 2.24) is 0 Å². The van der Waals surface area contributed by atoms with Crippen LogP contribution in [-0.4, -0.2) is 56.3 Å². The highest BCUT2D eigenvalue weighted by Gasteiger charge is 2.41. The van der Waals surface area contributed by atoms with E-state index in [1.807, 2.05) is 0 Å². The first-order chi connectivity index (χ1) is 6.31. The van der Waals surface area contributed by atoms with Crippen LogP contribution in [0.25, 0.3) is 0 Å². The summed E-state index contributed by atoms with van der Waals surface area (Å²) in [6.45, 7) is -0.372. The summed E-state index contributed by atoms with van der Waals surface area (Å²) < 4.78 is 19.0. The summed E-state index contributed by atoms with van der Waals surface area (Å²) in [7, 11) is -4.80. The molecule has 0 aromatic heterocycles. The fourth-order valence-corrected chi connectivity index (χ4v) is 1.46. The highest BCUT2D eigenvalue weighted by molar-refractivity contribution is 7.46. The third kappa shape index (κ3) is 2.97. The molecule has 0 saturated carbocycles. The maximum absolute atomic E-state index is 10.4. The average molecular weight is 230 g/mol. The van der Waals surface area contributed by atoms with Gasteiger partial charge in [-0.2, -0.15) is 0 Å². The summed E-state index contributed by atoms with van der Waals surface area (Å²) in [5.74, 6) is 0. The molecular weight excluding hydrogens is 219 g/mol. The van der Waals surface area contributed by atoms with Gasteiger partial charge in [0.25, 0.3) is 0 Å². The third-order valence-corrected chi connectivity index (χ3v) is 2.18. The summed E-state index contributed by atoms with van der Waals surface area (Å²) in [6, 6.07) is 0. The Balaban J connectivity index is 2.60. The fraction of sp³-hybridized carbons (Fsp3) is 1.00. The number of phosphoric ester groups is 1. The number of aliphatic hydroxyl groups is 3. The molecular formula is C5H11O8P. The summed E-state index contributed by atoms with van der Waals surface area (Å²) in [6.07, 6.45) is -6.21. The van der Waals surface area contributed by atoms with Crippen LogP contribution in [0.1, 0.15) is 0 Å². The predicted octanol–water partition coefficient (Wildman–Crippen LogP) is -2.47. The lowest BCUT2D eigenvalue weighted by atomic mass is 10.1. The maximum atomic E-state index is 10.4. The van der Waals surface area contributed by atoms with Gasteiger partial charge in [0, 0.05) is 0 Å². The number of ether oxygens (including phenoxy) is 1. The average Bonchev–Trinajstić information content (AvgIpc) is 2.04. The molecule has 0 bridgehead atoms. The second-order valence-corrected chi connectivity index (χ2v) is 4.04. The maximum Gasteiger partial charge on any atom is 0.472 e. The van der Waals surface area contributed by atoms with Crippen molar-refractivity contribution in [2.24, 2.45) is 0 Å². The predicted molar refractivity (Wildman–Crippen MR) is 40.9 cm³/mol. The van der Waals surface area contributed by atoms with Gasteiger partial charge in [0.2, 0.25) is 0 Å². The van der Waals surface area contributed by atoms with Crippen LogP contribution in [0.3, 0.4) is 0 Å². The molecule has 5 N–H and O–H groups in total. The molecule has 0 spiro atoms. The lowest BCUT2D eigenvalue weighted by Gasteiger charge is -2.34. The number of rotatable bonds is 2. The van der Waals surface area contributed by atoms with Crippen LogP contribution < -0.4 is 0 Å². The van der Waals surface area contributed by atoms with Gasteiger partial charge in [-0.3, -0.25) is 4.52 Å². The van der Waals surface area contributed by atoms with Gasteiger partial charge in [-0.05, 0) is 0 Å². The molecule has 0 radical (unpaired) electrons. The third-order valence-electron chi connectivity index (χ3n) is 1.70. The minimum atomic E-state index is -4.80. The summed E-state index contributed by atoms with van der Waals surface area (Å²) >= 11 is 0. The van der Waals surface area contributed by atoms with E-state index in [9.17, 15) is 4.57 Å². The van der Waals surface area contributed by atoms with E-state index >= 15 is 0 Å². The van der Waals surface area contributed by atoms with Gasteiger partial charge in [-0.15, -0.1) is 0 Å². The Kier molecular flexibility index (Phi) is 3.62. The zero-order valence-corrected chi connectivity index (χ0v) is 7.82. The highest BCUT2D eigenvalue weighted by Crippen LogP contribution is 2.39. The van der Waals surface area contributed by atoms with Crippen LogP contribution in [0.4, 0.5) is 0 Å². The van der Waals surface area contributed by atoms with Crippen LogP contribution in [-0.2, 0) is 13.8 Å². The van der Waals surface area contributed by atoms with Crippen LogP contribution >= 0.6 is 7.82 Å². The fourth-order valence-electron chi connectivity index (χ4n) is 1.01. The monoisotopic (exact) mass is 230 g/mol. The van der Waals surface area contributed by atoms with Crippen LogP contribution in [0.15, 0.2) is 0 Å². The standard InChI is InChI=1S/C5H11O8P/c6-2-1-12-5(4(8)3(2)7)13-14(9,10)11/h2-8H,1H2,(H2,9,10,11)/t2-,3+,4-,5+/m1/s1. The Hall–Kier alpha value is -0.0500. The van der Waals surface area contributed by atoms with Crippen molar-refractivity contribution in [2.45, 2.75) is 24.6 Å². The molecule has 1 saturated heterocycles. The largest absolute Gasteiger partial charge is 0.472 e. The van der Waals surface area contributed by atoms with Crippen LogP contribution in [0.5, 0.6) is 0 Å². The van der Waals surface area contributed by atoms with Crippen molar-refractivity contribution in [1.29, 1.82) is 0 Å². The summed E-state index contributed by atoms with van der Waals surface area (Å²) in [5.41, 5.74) is 0. The number of phosphoric acid groups is 1. The molecule has 0 aromatic rings. The van der Waals surface area contributed by atoms with Crippen molar-refractivity contribution in [3.63, 3.8) is 0 Å². The lowest BCUT2D eigenvalue weighted by molar-refractivity contribution is -0.245. The SMILES string of the molecule is O=P(O)(O)O[C@@H]1OC[C@@H](O)[C@H](O)[C@H]1O. The smallest absolute Gasteiger partial charge is 0.388 e. The second-order valence-electron chi connectivity index (χ2n) is 2.85. The van der Waals surface area contributed by atoms with Crippen molar-refractivity contribution in [2.75, 3.05) is 6.61 Å². The molecule has 1 fully saturated rings. The molecule has 8 nitrogen and oxygen atoms in total. The Bertz CT molecular complexity index is 238. The zero-order valence-electron chi connectivity index (χ0n) is 6.92. The van der Waals surface area contributed by atoms with Gasteiger partial charge in [-0.25, -0.2) is 4.57 Å². The van der Waals surface area contributed by atoms with Crippen LogP contribution in [0, 0.1) is 0 Å². The Morgan fingerprint density at radius 3 is 2.29 bits per heavy atom. The van der Waals surface area contributed by atoms with Crippen LogP contribution in [0.2, 0.25) is 0 Å². The van der Waals surface area contributed by atoms with Crippen molar-refractivity contribution < 1.29 is 38.9 Å². The van der Waals surface area contributed by atoms with Crippen molar-refractivity contribution >= 4 is 7.82 Å². The first-order valence-corrected chi connectivity index (χ1v) is 5.24. The van der Waals surface area contributed by atoms with E-state index in [-0.39, 0.29) is 6.61 Å². The Labute approximate surface area is 78.9 Å². The van der Waals surface area contributed by atoms with Gasteiger partial charge >= 0.3 is 7.82 Å². The minimum Gasteiger partial charge on any atom is -0.388 e. The molecule has 1 aliphatic heterocycles. The van der Waals surface area contributed by atoms with E-state index in [0.29, 0.717) is 0 Å². The topological polar surface area (TPSA) is 137 Å². The molecule has 14 heavy (non-hydrogen) atoms. The second kappa shape index (κ2) is 4.21. The molecule has 9 heteroatoms. The van der Waals surface area contributed by atoms with Gasteiger partial charge in [0.05, 0.1) is 6.61 Å². The molecule has 4 atom stereocenters. The molecule has 0 amide bonds. The molecule has 1 aliphatic rings. The molecule has 0 aromatic carbocycles. The lowest BCUT2D eigenvalue weighted by Crippen LogP contribution is -2.53. The van der Waals surface area contributed by atoms with E-state index in [0.717, 1.165) is 0 Å². The molecule has 1 rings (SSSR count). The normalized spacial score (nSPS) is 39.8. The van der Waals surface area contributed by atoms with Gasteiger partial charge < -0.3 is 29.8 Å². The number of hydrogen-bond donors (Lipinski definition) is 5. The van der Waals surface area contributed by atoms with E-state index in [2.05, 4.69) is 9.26 Å². The molecule has 1 heterocycles. The van der Waals surface area contributed by atoms with Gasteiger partial charge in [-0.1, -0.05) is 0 Å². The molecule has 84 valence electrons. The quantitative estimate of drug-likeness (QED) is 0.329. The van der Waals surface area contributed by atoms with E-state index in [4.69, 9.17) is 25.1 Å². The van der Waals surface area contributed by atoms with Gasteiger partial charge in [0.15, 0.2) is 6.29 Å². The zero-order chi connectivity index (χ0) is 10.9. The van der Waals surface area contributed by atoms with E-state index in [1.54, 1.807) is 0 Å².